The predicted molar refractivity (Wildman–Crippen MR) is 109 cm³/mol. The van der Waals surface area contributed by atoms with Crippen LogP contribution in [0.1, 0.15) is 31.0 Å². The molecule has 0 aliphatic carbocycles. The number of ether oxygens (including phenoxy) is 1. The zero-order chi connectivity index (χ0) is 16.5. The molecule has 1 aromatic heterocycles. The molecule has 1 aromatic carbocycles. The summed E-state index contributed by atoms with van der Waals surface area (Å²) >= 11 is 0. The van der Waals surface area contributed by atoms with Gasteiger partial charge in [-0.05, 0) is 31.0 Å². The monoisotopic (exact) mass is 440 g/mol. The van der Waals surface area contributed by atoms with Crippen molar-refractivity contribution in [1.29, 1.82) is 0 Å². The van der Waals surface area contributed by atoms with Crippen molar-refractivity contribution >= 4 is 29.9 Å². The van der Waals surface area contributed by atoms with Crippen molar-refractivity contribution in [2.75, 3.05) is 13.7 Å². The molecule has 0 aliphatic rings. The molecule has 0 aliphatic heterocycles. The summed E-state index contributed by atoms with van der Waals surface area (Å²) in [7, 11) is 1.61. The first-order valence-corrected chi connectivity index (χ1v) is 7.81. The number of benzene rings is 1. The second kappa shape index (κ2) is 10.9. The van der Waals surface area contributed by atoms with E-state index in [4.69, 9.17) is 4.74 Å². The van der Waals surface area contributed by atoms with E-state index in [-0.39, 0.29) is 30.0 Å². The smallest absolute Gasteiger partial charge is 0.213 e. The Morgan fingerprint density at radius 3 is 2.67 bits per heavy atom. The lowest BCUT2D eigenvalue weighted by Crippen LogP contribution is -2.38. The van der Waals surface area contributed by atoms with Crippen LogP contribution in [0.15, 0.2) is 53.7 Å². The van der Waals surface area contributed by atoms with Gasteiger partial charge in [-0.3, -0.25) is 0 Å². The van der Waals surface area contributed by atoms with Crippen molar-refractivity contribution in [3.63, 3.8) is 0 Å². The first-order chi connectivity index (χ1) is 11.2. The van der Waals surface area contributed by atoms with Gasteiger partial charge in [0.25, 0.3) is 0 Å². The fourth-order valence-corrected chi connectivity index (χ4v) is 2.18. The van der Waals surface area contributed by atoms with E-state index in [2.05, 4.69) is 46.6 Å². The molecule has 0 bridgehead atoms. The predicted octanol–water partition coefficient (Wildman–Crippen LogP) is 3.52. The number of hydrogen-bond acceptors (Lipinski definition) is 3. The quantitative estimate of drug-likeness (QED) is 0.410. The second-order valence-corrected chi connectivity index (χ2v) is 5.18. The molecule has 5 nitrogen and oxygen atoms in total. The number of aliphatic imine (C=N–C) groups is 1. The molecule has 2 rings (SSSR count). The molecule has 0 saturated carbocycles. The SMILES string of the molecule is CCNC(=NCc1ccnc(OC)c1)NC(C)c1ccccc1.I. The minimum atomic E-state index is 0. The molecule has 0 fully saturated rings. The van der Waals surface area contributed by atoms with Gasteiger partial charge in [0.15, 0.2) is 5.96 Å². The minimum absolute atomic E-state index is 0. The van der Waals surface area contributed by atoms with E-state index in [0.717, 1.165) is 18.1 Å². The van der Waals surface area contributed by atoms with E-state index < -0.39 is 0 Å². The second-order valence-electron chi connectivity index (χ2n) is 5.18. The van der Waals surface area contributed by atoms with Crippen LogP contribution in [0.2, 0.25) is 0 Å². The number of halogens is 1. The summed E-state index contributed by atoms with van der Waals surface area (Å²) in [6, 6.07) is 14.3. The Morgan fingerprint density at radius 2 is 2.00 bits per heavy atom. The summed E-state index contributed by atoms with van der Waals surface area (Å²) in [4.78, 5) is 8.74. The van der Waals surface area contributed by atoms with Gasteiger partial charge in [0.2, 0.25) is 5.88 Å². The standard InChI is InChI=1S/C18H24N4O.HI/c1-4-19-18(22-14(2)16-8-6-5-7-9-16)21-13-15-10-11-20-17(12-15)23-3;/h5-12,14H,4,13H2,1-3H3,(H2,19,21,22);1H. The van der Waals surface area contributed by atoms with Crippen LogP contribution in [-0.2, 0) is 6.54 Å². The molecule has 0 spiro atoms. The molecule has 0 amide bonds. The Labute approximate surface area is 161 Å². The third-order valence-electron chi connectivity index (χ3n) is 3.43. The van der Waals surface area contributed by atoms with Crippen LogP contribution in [0.25, 0.3) is 0 Å². The van der Waals surface area contributed by atoms with Gasteiger partial charge in [0, 0.05) is 18.8 Å². The highest BCUT2D eigenvalue weighted by molar-refractivity contribution is 14.0. The highest BCUT2D eigenvalue weighted by Gasteiger charge is 2.07. The lowest BCUT2D eigenvalue weighted by molar-refractivity contribution is 0.397. The average Bonchev–Trinajstić information content (AvgIpc) is 2.60. The lowest BCUT2D eigenvalue weighted by atomic mass is 10.1. The van der Waals surface area contributed by atoms with Gasteiger partial charge < -0.3 is 15.4 Å². The minimum Gasteiger partial charge on any atom is -0.481 e. The Morgan fingerprint density at radius 1 is 1.25 bits per heavy atom. The normalized spacial score (nSPS) is 12.0. The van der Waals surface area contributed by atoms with E-state index in [1.807, 2.05) is 30.3 Å². The number of pyridine rings is 1. The van der Waals surface area contributed by atoms with Gasteiger partial charge in [-0.2, -0.15) is 0 Å². The zero-order valence-corrected chi connectivity index (χ0v) is 16.7. The first kappa shape index (κ1) is 20.2. The Hall–Kier alpha value is -1.83. The molecule has 6 heteroatoms. The van der Waals surface area contributed by atoms with Crippen molar-refractivity contribution in [1.82, 2.24) is 15.6 Å². The van der Waals surface area contributed by atoms with Crippen LogP contribution in [-0.4, -0.2) is 24.6 Å². The van der Waals surface area contributed by atoms with Gasteiger partial charge in [-0.25, -0.2) is 9.98 Å². The third-order valence-corrected chi connectivity index (χ3v) is 3.43. The average molecular weight is 440 g/mol. The number of guanidine groups is 1. The zero-order valence-electron chi connectivity index (χ0n) is 14.3. The number of aromatic nitrogens is 1. The first-order valence-electron chi connectivity index (χ1n) is 7.81. The molecule has 2 N–H and O–H groups in total. The van der Waals surface area contributed by atoms with Crippen LogP contribution in [0.4, 0.5) is 0 Å². The fraction of sp³-hybridized carbons (Fsp3) is 0.333. The number of nitrogens with one attached hydrogen (secondary N) is 2. The third kappa shape index (κ3) is 6.35. The topological polar surface area (TPSA) is 58.5 Å². The summed E-state index contributed by atoms with van der Waals surface area (Å²) in [6.07, 6.45) is 1.73. The van der Waals surface area contributed by atoms with Crippen LogP contribution in [0.3, 0.4) is 0 Å². The Bertz CT molecular complexity index is 634. The van der Waals surface area contributed by atoms with E-state index in [1.54, 1.807) is 13.3 Å². The number of methoxy groups -OCH3 is 1. The van der Waals surface area contributed by atoms with Crippen molar-refractivity contribution in [3.8, 4) is 5.88 Å². The Kier molecular flexibility index (Phi) is 9.14. The van der Waals surface area contributed by atoms with Gasteiger partial charge in [0.1, 0.15) is 0 Å². The van der Waals surface area contributed by atoms with Gasteiger partial charge >= 0.3 is 0 Å². The van der Waals surface area contributed by atoms with Crippen LogP contribution < -0.4 is 15.4 Å². The number of hydrogen-bond donors (Lipinski definition) is 2. The van der Waals surface area contributed by atoms with E-state index in [9.17, 15) is 0 Å². The summed E-state index contributed by atoms with van der Waals surface area (Å²) < 4.78 is 5.14. The highest BCUT2D eigenvalue weighted by Crippen LogP contribution is 2.12. The lowest BCUT2D eigenvalue weighted by Gasteiger charge is -2.18. The maximum absolute atomic E-state index is 5.14. The van der Waals surface area contributed by atoms with Gasteiger partial charge in [-0.1, -0.05) is 30.3 Å². The summed E-state index contributed by atoms with van der Waals surface area (Å²) in [5.74, 6) is 1.40. The molecule has 130 valence electrons. The van der Waals surface area contributed by atoms with Gasteiger partial charge in [0.05, 0.1) is 19.7 Å². The van der Waals surface area contributed by atoms with Crippen molar-refractivity contribution < 1.29 is 4.74 Å². The summed E-state index contributed by atoms with van der Waals surface area (Å²) in [5.41, 5.74) is 2.28. The molecule has 1 unspecified atom stereocenters. The molecule has 0 radical (unpaired) electrons. The molecule has 24 heavy (non-hydrogen) atoms. The molecule has 1 atom stereocenters. The molecule has 2 aromatic rings. The van der Waals surface area contributed by atoms with Crippen LogP contribution in [0.5, 0.6) is 5.88 Å². The highest BCUT2D eigenvalue weighted by atomic mass is 127. The maximum atomic E-state index is 5.14. The van der Waals surface area contributed by atoms with Crippen LogP contribution >= 0.6 is 24.0 Å². The number of rotatable bonds is 6. The van der Waals surface area contributed by atoms with E-state index >= 15 is 0 Å². The van der Waals surface area contributed by atoms with Crippen LogP contribution in [0, 0.1) is 0 Å². The van der Waals surface area contributed by atoms with E-state index in [1.165, 1.54) is 5.56 Å². The summed E-state index contributed by atoms with van der Waals surface area (Å²) in [5, 5.41) is 6.70. The van der Waals surface area contributed by atoms with E-state index in [0.29, 0.717) is 12.4 Å². The summed E-state index contributed by atoms with van der Waals surface area (Å²) in [6.45, 7) is 5.56. The molecule has 1 heterocycles. The van der Waals surface area contributed by atoms with Crippen molar-refractivity contribution in [3.05, 3.63) is 59.8 Å². The van der Waals surface area contributed by atoms with Crippen molar-refractivity contribution in [2.24, 2.45) is 4.99 Å². The molecular formula is C18H25IN4O. The molecular weight excluding hydrogens is 415 g/mol. The fourth-order valence-electron chi connectivity index (χ4n) is 2.18. The largest absolute Gasteiger partial charge is 0.481 e. The van der Waals surface area contributed by atoms with Crippen molar-refractivity contribution in [2.45, 2.75) is 26.4 Å². The molecule has 0 saturated heterocycles. The Balaban J connectivity index is 0.00000288. The van der Waals surface area contributed by atoms with Gasteiger partial charge in [-0.15, -0.1) is 24.0 Å². The maximum Gasteiger partial charge on any atom is 0.213 e. The number of nitrogens with zero attached hydrogens (tertiary/aromatic N) is 2.